The zero-order chi connectivity index (χ0) is 7.82. The van der Waals surface area contributed by atoms with Crippen molar-refractivity contribution in [2.45, 2.75) is 46.5 Å². The maximum absolute atomic E-state index is 3.15. The number of hydrogen-bond donors (Lipinski definition) is 0. The van der Waals surface area contributed by atoms with Crippen molar-refractivity contribution in [2.75, 3.05) is 0 Å². The molecule has 0 aliphatic rings. The maximum atomic E-state index is 3.15. The zero-order valence-electron chi connectivity index (χ0n) is 7.33. The van der Waals surface area contributed by atoms with Crippen LogP contribution in [0.2, 0.25) is 0 Å². The standard InChI is InChI=1S/C10H17/c1-4-5-6-7-8-9-10(2)3/h4-5,8-9H2,1-3H3. The van der Waals surface area contributed by atoms with Crippen LogP contribution in [0.4, 0.5) is 0 Å². The molecule has 0 aliphatic heterocycles. The van der Waals surface area contributed by atoms with E-state index in [9.17, 15) is 0 Å². The third kappa shape index (κ3) is 7.56. The van der Waals surface area contributed by atoms with E-state index < -0.39 is 0 Å². The van der Waals surface area contributed by atoms with Crippen molar-refractivity contribution >= 4 is 0 Å². The summed E-state index contributed by atoms with van der Waals surface area (Å²) in [6, 6.07) is 0. The fourth-order valence-electron chi connectivity index (χ4n) is 0.614. The molecule has 0 heterocycles. The summed E-state index contributed by atoms with van der Waals surface area (Å²) in [7, 11) is 0. The van der Waals surface area contributed by atoms with Crippen LogP contribution in [0.15, 0.2) is 0 Å². The lowest BCUT2D eigenvalue weighted by atomic mass is 10.1. The van der Waals surface area contributed by atoms with Gasteiger partial charge in [-0.3, -0.25) is 0 Å². The summed E-state index contributed by atoms with van der Waals surface area (Å²) in [5, 5.41) is 0. The van der Waals surface area contributed by atoms with Crippen LogP contribution in [-0.4, -0.2) is 0 Å². The Morgan fingerprint density at radius 3 is 2.20 bits per heavy atom. The molecule has 0 aromatic heterocycles. The summed E-state index contributed by atoms with van der Waals surface area (Å²) in [6.45, 7) is 6.47. The van der Waals surface area contributed by atoms with Gasteiger partial charge in [0.2, 0.25) is 0 Å². The molecule has 0 saturated heterocycles. The molecule has 0 atom stereocenters. The van der Waals surface area contributed by atoms with E-state index in [4.69, 9.17) is 0 Å². The Balaban J connectivity index is 3.12. The minimum Gasteiger partial charge on any atom is -0.103 e. The van der Waals surface area contributed by atoms with Crippen molar-refractivity contribution in [1.82, 2.24) is 0 Å². The molecule has 0 amide bonds. The first-order valence-corrected chi connectivity index (χ1v) is 4.02. The molecule has 10 heavy (non-hydrogen) atoms. The van der Waals surface area contributed by atoms with E-state index in [1.165, 1.54) is 12.3 Å². The van der Waals surface area contributed by atoms with Gasteiger partial charge in [-0.05, 0) is 18.8 Å². The number of hydrogen-bond acceptors (Lipinski definition) is 0. The van der Waals surface area contributed by atoms with E-state index in [0.29, 0.717) is 0 Å². The van der Waals surface area contributed by atoms with E-state index in [1.807, 2.05) is 0 Å². The zero-order valence-corrected chi connectivity index (χ0v) is 7.33. The molecular weight excluding hydrogens is 120 g/mol. The van der Waals surface area contributed by atoms with Gasteiger partial charge in [-0.15, -0.1) is 11.8 Å². The Morgan fingerprint density at radius 1 is 1.10 bits per heavy atom. The van der Waals surface area contributed by atoms with Crippen molar-refractivity contribution in [2.24, 2.45) is 0 Å². The predicted molar refractivity (Wildman–Crippen MR) is 46.5 cm³/mol. The highest BCUT2D eigenvalue weighted by atomic mass is 13.9. The first-order chi connectivity index (χ1) is 4.77. The fourth-order valence-corrected chi connectivity index (χ4v) is 0.614. The highest BCUT2D eigenvalue weighted by Crippen LogP contribution is 2.03. The van der Waals surface area contributed by atoms with Crippen molar-refractivity contribution in [3.05, 3.63) is 5.92 Å². The molecule has 0 spiro atoms. The van der Waals surface area contributed by atoms with E-state index in [1.54, 1.807) is 0 Å². The van der Waals surface area contributed by atoms with Crippen molar-refractivity contribution < 1.29 is 0 Å². The lowest BCUT2D eigenvalue weighted by Gasteiger charge is -1.95. The molecule has 0 fully saturated rings. The lowest BCUT2D eigenvalue weighted by Crippen LogP contribution is -1.80. The van der Waals surface area contributed by atoms with E-state index in [-0.39, 0.29) is 0 Å². The van der Waals surface area contributed by atoms with Gasteiger partial charge in [-0.25, -0.2) is 0 Å². The van der Waals surface area contributed by atoms with Crippen molar-refractivity contribution in [1.29, 1.82) is 0 Å². The average molecular weight is 137 g/mol. The molecular formula is C10H17. The fraction of sp³-hybridized carbons (Fsp3) is 0.700. The summed E-state index contributed by atoms with van der Waals surface area (Å²) < 4.78 is 0. The maximum Gasteiger partial charge on any atom is 0.00939 e. The van der Waals surface area contributed by atoms with E-state index >= 15 is 0 Å². The topological polar surface area (TPSA) is 0 Å². The molecule has 0 heteroatoms. The normalized spacial score (nSPS) is 9.20. The second-order valence-corrected chi connectivity index (χ2v) is 2.81. The highest BCUT2D eigenvalue weighted by Gasteiger charge is 1.89. The Kier molecular flexibility index (Phi) is 6.38. The molecule has 1 radical (unpaired) electrons. The smallest absolute Gasteiger partial charge is 0.00939 e. The summed E-state index contributed by atoms with van der Waals surface area (Å²) in [5.41, 5.74) is 0. The monoisotopic (exact) mass is 137 g/mol. The van der Waals surface area contributed by atoms with E-state index in [2.05, 4.69) is 32.6 Å². The van der Waals surface area contributed by atoms with Crippen LogP contribution in [0, 0.1) is 17.8 Å². The van der Waals surface area contributed by atoms with E-state index in [0.717, 1.165) is 19.3 Å². The molecule has 0 aliphatic carbocycles. The summed E-state index contributed by atoms with van der Waals surface area (Å²) >= 11 is 0. The lowest BCUT2D eigenvalue weighted by molar-refractivity contribution is 0.864. The number of unbranched alkanes of at least 4 members (excludes halogenated alkanes) is 1. The summed E-state index contributed by atoms with van der Waals surface area (Å²) in [4.78, 5) is 0. The van der Waals surface area contributed by atoms with Crippen molar-refractivity contribution in [3.63, 3.8) is 0 Å². The van der Waals surface area contributed by atoms with Gasteiger partial charge in [-0.1, -0.05) is 20.8 Å². The Labute approximate surface area is 65.0 Å². The minimum atomic E-state index is 1.04. The Morgan fingerprint density at radius 2 is 1.70 bits per heavy atom. The molecule has 0 rings (SSSR count). The van der Waals surface area contributed by atoms with Gasteiger partial charge >= 0.3 is 0 Å². The Bertz CT molecular complexity index is 112. The predicted octanol–water partition coefficient (Wildman–Crippen LogP) is 3.18. The van der Waals surface area contributed by atoms with Crippen LogP contribution in [0.3, 0.4) is 0 Å². The average Bonchev–Trinajstić information content (AvgIpc) is 1.87. The molecule has 0 aromatic rings. The van der Waals surface area contributed by atoms with Gasteiger partial charge in [0.05, 0.1) is 0 Å². The highest BCUT2D eigenvalue weighted by molar-refractivity contribution is 5.00. The SMILES string of the molecule is CCCC#CCC[C](C)C. The summed E-state index contributed by atoms with van der Waals surface area (Å²) in [6.07, 6.45) is 4.45. The van der Waals surface area contributed by atoms with Crippen LogP contribution < -0.4 is 0 Å². The first kappa shape index (κ1) is 9.56. The van der Waals surface area contributed by atoms with Crippen LogP contribution in [0.25, 0.3) is 0 Å². The van der Waals surface area contributed by atoms with Crippen molar-refractivity contribution in [3.8, 4) is 11.8 Å². The van der Waals surface area contributed by atoms with Gasteiger partial charge < -0.3 is 0 Å². The van der Waals surface area contributed by atoms with Crippen LogP contribution in [0.1, 0.15) is 46.5 Å². The third-order valence-electron chi connectivity index (χ3n) is 1.25. The quantitative estimate of drug-likeness (QED) is 0.524. The van der Waals surface area contributed by atoms with Gasteiger partial charge in [-0.2, -0.15) is 0 Å². The van der Waals surface area contributed by atoms with Crippen LogP contribution in [-0.2, 0) is 0 Å². The molecule has 0 bridgehead atoms. The molecule has 0 aromatic carbocycles. The largest absolute Gasteiger partial charge is 0.103 e. The number of rotatable bonds is 3. The van der Waals surface area contributed by atoms with Gasteiger partial charge in [0.25, 0.3) is 0 Å². The second-order valence-electron chi connectivity index (χ2n) is 2.81. The summed E-state index contributed by atoms with van der Waals surface area (Å²) in [5.74, 6) is 7.75. The molecule has 0 unspecified atom stereocenters. The first-order valence-electron chi connectivity index (χ1n) is 4.02. The second kappa shape index (κ2) is 6.68. The molecule has 0 saturated carbocycles. The third-order valence-corrected chi connectivity index (χ3v) is 1.25. The van der Waals surface area contributed by atoms with Gasteiger partial charge in [0, 0.05) is 12.8 Å². The minimum absolute atomic E-state index is 1.04. The Hall–Kier alpha value is -0.440. The van der Waals surface area contributed by atoms with Crippen LogP contribution >= 0.6 is 0 Å². The molecule has 0 nitrogen and oxygen atoms in total. The van der Waals surface area contributed by atoms with Gasteiger partial charge in [0.15, 0.2) is 0 Å². The molecule has 57 valence electrons. The van der Waals surface area contributed by atoms with Crippen LogP contribution in [0.5, 0.6) is 0 Å². The van der Waals surface area contributed by atoms with Gasteiger partial charge in [0.1, 0.15) is 0 Å². The molecule has 0 N–H and O–H groups in total.